The van der Waals surface area contributed by atoms with Gasteiger partial charge in [0.15, 0.2) is 5.96 Å². The minimum Gasteiger partial charge on any atom is -0.357 e. The number of hydrogen-bond donors (Lipinski definition) is 2. The van der Waals surface area contributed by atoms with E-state index in [1.807, 2.05) is 16.2 Å². The van der Waals surface area contributed by atoms with E-state index >= 15 is 0 Å². The maximum absolute atomic E-state index is 12.2. The van der Waals surface area contributed by atoms with Gasteiger partial charge in [0.25, 0.3) is 0 Å². The van der Waals surface area contributed by atoms with Crippen molar-refractivity contribution in [3.05, 3.63) is 22.4 Å². The highest BCUT2D eigenvalue weighted by Gasteiger charge is 2.21. The Morgan fingerprint density at radius 2 is 2.07 bits per heavy atom. The van der Waals surface area contributed by atoms with Gasteiger partial charge in [-0.2, -0.15) is 0 Å². The summed E-state index contributed by atoms with van der Waals surface area (Å²) in [6.45, 7) is 9.16. The molecule has 1 atom stereocenters. The quantitative estimate of drug-likeness (QED) is 0.331. The maximum atomic E-state index is 12.2. The van der Waals surface area contributed by atoms with Crippen molar-refractivity contribution in [1.82, 2.24) is 20.4 Å². The van der Waals surface area contributed by atoms with Gasteiger partial charge < -0.3 is 15.5 Å². The molecule has 2 N–H and O–H groups in total. The first-order chi connectivity index (χ1) is 13.2. The Kier molecular flexibility index (Phi) is 10.6. The highest BCUT2D eigenvalue weighted by Crippen LogP contribution is 2.20. The van der Waals surface area contributed by atoms with E-state index in [1.54, 1.807) is 0 Å². The Morgan fingerprint density at radius 3 is 2.79 bits per heavy atom. The number of aliphatic imine (C=N–C) groups is 1. The Bertz CT molecular complexity index is 604. The Balaban J connectivity index is 0.00000280. The van der Waals surface area contributed by atoms with Gasteiger partial charge in [-0.25, -0.2) is 4.99 Å². The molecule has 0 aliphatic carbocycles. The third-order valence-corrected chi connectivity index (χ3v) is 6.16. The molecule has 6 nitrogen and oxygen atoms in total. The number of hydrogen-bond acceptors (Lipinski definition) is 4. The van der Waals surface area contributed by atoms with E-state index in [1.165, 1.54) is 24.3 Å². The molecule has 0 spiro atoms. The topological polar surface area (TPSA) is 60.0 Å². The van der Waals surface area contributed by atoms with Crippen LogP contribution < -0.4 is 10.6 Å². The maximum Gasteiger partial charge on any atom is 0.244 e. The van der Waals surface area contributed by atoms with Gasteiger partial charge in [0.1, 0.15) is 6.54 Å². The van der Waals surface area contributed by atoms with E-state index < -0.39 is 0 Å². The van der Waals surface area contributed by atoms with Crippen molar-refractivity contribution in [2.45, 2.75) is 39.2 Å². The normalized spacial score (nSPS) is 20.7. The molecule has 3 rings (SSSR count). The summed E-state index contributed by atoms with van der Waals surface area (Å²) >= 11 is 1.84. The first-order valence-corrected chi connectivity index (χ1v) is 11.2. The molecule has 2 fully saturated rings. The van der Waals surface area contributed by atoms with Crippen LogP contribution in [-0.4, -0.2) is 67.5 Å². The molecule has 1 aromatic heterocycles. The monoisotopic (exact) mass is 519 g/mol. The van der Waals surface area contributed by atoms with Gasteiger partial charge in [0.05, 0.1) is 0 Å². The Morgan fingerprint density at radius 1 is 1.25 bits per heavy atom. The Hall–Kier alpha value is -0.870. The number of guanidine groups is 1. The number of rotatable bonds is 7. The molecule has 0 bridgehead atoms. The molecule has 2 aliphatic heterocycles. The van der Waals surface area contributed by atoms with Crippen molar-refractivity contribution in [1.29, 1.82) is 0 Å². The van der Waals surface area contributed by atoms with E-state index in [-0.39, 0.29) is 36.4 Å². The number of carbonyl (C=O) groups excluding carboxylic acids is 1. The number of piperidine rings is 1. The van der Waals surface area contributed by atoms with Crippen LogP contribution in [0.1, 0.15) is 37.5 Å². The first-order valence-electron chi connectivity index (χ1n) is 10.3. The largest absolute Gasteiger partial charge is 0.357 e. The van der Waals surface area contributed by atoms with Crippen LogP contribution in [0, 0.1) is 5.92 Å². The van der Waals surface area contributed by atoms with Crippen molar-refractivity contribution >= 4 is 47.2 Å². The van der Waals surface area contributed by atoms with Crippen LogP contribution in [0.5, 0.6) is 0 Å². The summed E-state index contributed by atoms with van der Waals surface area (Å²) in [5, 5.41) is 8.89. The van der Waals surface area contributed by atoms with E-state index in [9.17, 15) is 4.79 Å². The zero-order valence-electron chi connectivity index (χ0n) is 16.9. The first kappa shape index (κ1) is 23.4. The average molecular weight is 519 g/mol. The highest BCUT2D eigenvalue weighted by atomic mass is 127. The van der Waals surface area contributed by atoms with E-state index in [0.29, 0.717) is 5.92 Å². The summed E-state index contributed by atoms with van der Waals surface area (Å²) in [6.07, 6.45) is 4.74. The molecule has 2 aliphatic rings. The fourth-order valence-electron chi connectivity index (χ4n) is 3.88. The molecule has 8 heteroatoms. The van der Waals surface area contributed by atoms with E-state index in [4.69, 9.17) is 0 Å². The molecule has 1 amide bonds. The zero-order valence-corrected chi connectivity index (χ0v) is 20.0. The molecule has 1 unspecified atom stereocenters. The fraction of sp³-hybridized carbons (Fsp3) is 0.700. The number of thiophene rings is 1. The van der Waals surface area contributed by atoms with Gasteiger partial charge in [0.2, 0.25) is 5.91 Å². The lowest BCUT2D eigenvalue weighted by Gasteiger charge is -2.32. The van der Waals surface area contributed by atoms with Gasteiger partial charge in [-0.05, 0) is 56.5 Å². The summed E-state index contributed by atoms with van der Waals surface area (Å²) in [7, 11) is 0. The van der Waals surface area contributed by atoms with Crippen molar-refractivity contribution in [3.63, 3.8) is 0 Å². The lowest BCUT2D eigenvalue weighted by Crippen LogP contribution is -2.44. The summed E-state index contributed by atoms with van der Waals surface area (Å²) in [6, 6.07) is 4.35. The lowest BCUT2D eigenvalue weighted by atomic mass is 9.98. The van der Waals surface area contributed by atoms with Crippen LogP contribution >= 0.6 is 35.3 Å². The highest BCUT2D eigenvalue weighted by molar-refractivity contribution is 14.0. The second-order valence-electron chi connectivity index (χ2n) is 7.49. The van der Waals surface area contributed by atoms with Crippen LogP contribution in [0.4, 0.5) is 0 Å². The molecule has 158 valence electrons. The summed E-state index contributed by atoms with van der Waals surface area (Å²) in [5.74, 6) is 1.53. The van der Waals surface area contributed by atoms with Crippen LogP contribution in [0.15, 0.2) is 22.5 Å². The molecule has 0 aromatic carbocycles. The molecular formula is C20H34IN5OS. The van der Waals surface area contributed by atoms with Crippen LogP contribution in [-0.2, 0) is 11.3 Å². The van der Waals surface area contributed by atoms with Crippen molar-refractivity contribution in [2.75, 3.05) is 45.8 Å². The second-order valence-corrected chi connectivity index (χ2v) is 8.52. The third kappa shape index (κ3) is 7.51. The van der Waals surface area contributed by atoms with Gasteiger partial charge in [-0.1, -0.05) is 6.07 Å². The van der Waals surface area contributed by atoms with Gasteiger partial charge in [0, 0.05) is 44.1 Å². The Labute approximate surface area is 190 Å². The summed E-state index contributed by atoms with van der Waals surface area (Å²) in [5.41, 5.74) is 0. The third-order valence-electron chi connectivity index (χ3n) is 5.30. The molecule has 1 aromatic rings. The van der Waals surface area contributed by atoms with Gasteiger partial charge in [-0.15, -0.1) is 35.3 Å². The van der Waals surface area contributed by atoms with Crippen molar-refractivity contribution in [3.8, 4) is 0 Å². The van der Waals surface area contributed by atoms with Gasteiger partial charge >= 0.3 is 0 Å². The number of carbonyl (C=O) groups is 1. The minimum absolute atomic E-state index is 0. The number of likely N-dealkylation sites (tertiary alicyclic amines) is 2. The number of amides is 1. The second kappa shape index (κ2) is 12.6. The van der Waals surface area contributed by atoms with Crippen LogP contribution in [0.2, 0.25) is 0 Å². The van der Waals surface area contributed by atoms with Crippen molar-refractivity contribution in [2.24, 2.45) is 10.9 Å². The number of nitrogens with zero attached hydrogens (tertiary/aromatic N) is 3. The summed E-state index contributed by atoms with van der Waals surface area (Å²) in [4.78, 5) is 22.7. The van der Waals surface area contributed by atoms with E-state index in [2.05, 4.69) is 45.0 Å². The molecule has 0 radical (unpaired) electrons. The molecule has 0 saturated carbocycles. The van der Waals surface area contributed by atoms with Gasteiger partial charge in [-0.3, -0.25) is 9.69 Å². The smallest absolute Gasteiger partial charge is 0.244 e. The average Bonchev–Trinajstić information content (AvgIpc) is 3.38. The minimum atomic E-state index is 0. The predicted octanol–water partition coefficient (Wildman–Crippen LogP) is 2.76. The lowest BCUT2D eigenvalue weighted by molar-refractivity contribution is -0.128. The number of halogens is 1. The SMILES string of the molecule is CCNC(=NCC(=O)N1CCCC1)NCC1CCCN(Cc2cccs2)C1.I. The van der Waals surface area contributed by atoms with Crippen LogP contribution in [0.25, 0.3) is 0 Å². The number of nitrogens with one attached hydrogen (secondary N) is 2. The zero-order chi connectivity index (χ0) is 18.9. The van der Waals surface area contributed by atoms with E-state index in [0.717, 1.165) is 58.1 Å². The predicted molar refractivity (Wildman–Crippen MR) is 128 cm³/mol. The fourth-order valence-corrected chi connectivity index (χ4v) is 4.63. The van der Waals surface area contributed by atoms with Crippen molar-refractivity contribution < 1.29 is 4.79 Å². The molecule has 2 saturated heterocycles. The molecular weight excluding hydrogens is 485 g/mol. The summed E-state index contributed by atoms with van der Waals surface area (Å²) < 4.78 is 0. The molecule has 3 heterocycles. The molecule has 28 heavy (non-hydrogen) atoms. The standard InChI is InChI=1S/C20H33N5OS.HI/c1-2-21-20(23-14-19(26)25-10-3-4-11-25)22-13-17-7-5-9-24(15-17)16-18-8-6-12-27-18;/h6,8,12,17H,2-5,7,9-11,13-16H2,1H3,(H2,21,22,23);1H. The van der Waals surface area contributed by atoms with Crippen LogP contribution in [0.3, 0.4) is 0 Å².